The van der Waals surface area contributed by atoms with Crippen molar-refractivity contribution in [2.45, 2.75) is 39.0 Å². The number of carbonyl (C=O) groups excluding carboxylic acids is 1. The van der Waals surface area contributed by atoms with E-state index < -0.39 is 0 Å². The van der Waals surface area contributed by atoms with Crippen molar-refractivity contribution in [3.8, 4) is 11.3 Å². The van der Waals surface area contributed by atoms with Crippen molar-refractivity contribution in [3.05, 3.63) is 60.8 Å². The fraction of sp³-hybridized carbons (Fsp3) is 0.320. The first-order chi connectivity index (χ1) is 15.2. The molecule has 160 valence electrons. The molecule has 0 unspecified atom stereocenters. The highest BCUT2D eigenvalue weighted by Gasteiger charge is 2.11. The van der Waals surface area contributed by atoms with Crippen molar-refractivity contribution in [1.82, 2.24) is 9.97 Å². The van der Waals surface area contributed by atoms with Crippen LogP contribution in [0, 0.1) is 0 Å². The van der Waals surface area contributed by atoms with Crippen molar-refractivity contribution in [2.75, 3.05) is 28.6 Å². The normalized spacial score (nSPS) is 13.6. The van der Waals surface area contributed by atoms with E-state index in [0.29, 0.717) is 12.4 Å². The Kier molecular flexibility index (Phi) is 6.77. The Morgan fingerprint density at radius 1 is 0.935 bits per heavy atom. The molecule has 3 aromatic rings. The number of hydrogen-bond acceptors (Lipinski definition) is 5. The van der Waals surface area contributed by atoms with E-state index in [0.717, 1.165) is 42.1 Å². The van der Waals surface area contributed by atoms with Gasteiger partial charge in [0.2, 0.25) is 11.9 Å². The van der Waals surface area contributed by atoms with Gasteiger partial charge in [-0.25, -0.2) is 9.97 Å². The molecule has 0 aliphatic carbocycles. The molecule has 6 heteroatoms. The number of nitrogens with one attached hydrogen (secondary N) is 2. The SMILES string of the molecule is CCCC(=O)Nc1ccc(-c2ccnc(Nc3ccc(N4CCCCC4)cc3)n2)cc1. The second-order valence-corrected chi connectivity index (χ2v) is 7.86. The van der Waals surface area contributed by atoms with Crippen molar-refractivity contribution in [3.63, 3.8) is 0 Å². The lowest BCUT2D eigenvalue weighted by Crippen LogP contribution is -2.29. The van der Waals surface area contributed by atoms with Crippen molar-refractivity contribution < 1.29 is 4.79 Å². The van der Waals surface area contributed by atoms with Gasteiger partial charge in [0.1, 0.15) is 0 Å². The largest absolute Gasteiger partial charge is 0.372 e. The van der Waals surface area contributed by atoms with E-state index in [9.17, 15) is 4.79 Å². The van der Waals surface area contributed by atoms with Gasteiger partial charge in [-0.15, -0.1) is 0 Å². The lowest BCUT2D eigenvalue weighted by atomic mass is 10.1. The molecular formula is C25H29N5O. The van der Waals surface area contributed by atoms with E-state index >= 15 is 0 Å². The van der Waals surface area contributed by atoms with Gasteiger partial charge in [-0.2, -0.15) is 0 Å². The van der Waals surface area contributed by atoms with Gasteiger partial charge in [0, 0.05) is 48.3 Å². The maximum absolute atomic E-state index is 11.8. The average Bonchev–Trinajstić information content (AvgIpc) is 2.81. The highest BCUT2D eigenvalue weighted by Crippen LogP contribution is 2.24. The van der Waals surface area contributed by atoms with E-state index in [1.165, 1.54) is 24.9 Å². The minimum atomic E-state index is 0.0371. The zero-order valence-electron chi connectivity index (χ0n) is 18.0. The summed E-state index contributed by atoms with van der Waals surface area (Å²) in [4.78, 5) is 23.2. The third kappa shape index (κ3) is 5.60. The van der Waals surface area contributed by atoms with Gasteiger partial charge >= 0.3 is 0 Å². The van der Waals surface area contributed by atoms with E-state index in [1.54, 1.807) is 6.20 Å². The Labute approximate surface area is 183 Å². The molecule has 1 saturated heterocycles. The standard InChI is InChI=1S/C25H29N5O/c1-2-6-24(31)27-20-9-7-19(8-10-20)23-15-16-26-25(29-23)28-21-11-13-22(14-12-21)30-17-4-3-5-18-30/h7-16H,2-6,17-18H2,1H3,(H,27,31)(H,26,28,29). The molecule has 0 atom stereocenters. The van der Waals surface area contributed by atoms with E-state index in [4.69, 9.17) is 0 Å². The van der Waals surface area contributed by atoms with Crippen LogP contribution in [0.4, 0.5) is 23.0 Å². The Morgan fingerprint density at radius 2 is 1.65 bits per heavy atom. The Hall–Kier alpha value is -3.41. The van der Waals surface area contributed by atoms with Gasteiger partial charge in [0.25, 0.3) is 0 Å². The number of piperidine rings is 1. The van der Waals surface area contributed by atoms with Crippen LogP contribution in [0.25, 0.3) is 11.3 Å². The molecule has 2 N–H and O–H groups in total. The molecule has 0 spiro atoms. The molecule has 1 aliphatic heterocycles. The minimum absolute atomic E-state index is 0.0371. The van der Waals surface area contributed by atoms with Gasteiger partial charge in [-0.05, 0) is 68.1 Å². The van der Waals surface area contributed by atoms with Gasteiger partial charge < -0.3 is 15.5 Å². The van der Waals surface area contributed by atoms with Gasteiger partial charge in [-0.1, -0.05) is 19.1 Å². The second kappa shape index (κ2) is 10.1. The number of carbonyl (C=O) groups is 1. The lowest BCUT2D eigenvalue weighted by Gasteiger charge is -2.28. The molecule has 2 heterocycles. The molecule has 1 aliphatic rings. The summed E-state index contributed by atoms with van der Waals surface area (Å²) in [6.45, 7) is 4.27. The number of rotatable bonds is 7. The molecule has 4 rings (SSSR count). The summed E-state index contributed by atoms with van der Waals surface area (Å²) >= 11 is 0. The summed E-state index contributed by atoms with van der Waals surface area (Å²) in [6, 6.07) is 18.1. The maximum Gasteiger partial charge on any atom is 0.227 e. The topological polar surface area (TPSA) is 70.2 Å². The van der Waals surface area contributed by atoms with E-state index in [-0.39, 0.29) is 5.91 Å². The molecule has 0 saturated carbocycles. The molecule has 2 aromatic carbocycles. The summed E-state index contributed by atoms with van der Waals surface area (Å²) in [6.07, 6.45) is 6.99. The first-order valence-corrected chi connectivity index (χ1v) is 11.1. The zero-order valence-corrected chi connectivity index (χ0v) is 18.0. The third-order valence-corrected chi connectivity index (χ3v) is 5.44. The molecular weight excluding hydrogens is 386 g/mol. The number of amides is 1. The zero-order chi connectivity index (χ0) is 21.5. The van der Waals surface area contributed by atoms with E-state index in [2.05, 4.69) is 49.8 Å². The molecule has 0 radical (unpaired) electrons. The summed E-state index contributed by atoms with van der Waals surface area (Å²) in [5.41, 5.74) is 4.83. The minimum Gasteiger partial charge on any atom is -0.372 e. The number of benzene rings is 2. The van der Waals surface area contributed by atoms with Crippen LogP contribution < -0.4 is 15.5 Å². The van der Waals surface area contributed by atoms with Gasteiger partial charge in [-0.3, -0.25) is 4.79 Å². The van der Waals surface area contributed by atoms with Crippen LogP contribution in [-0.2, 0) is 4.79 Å². The maximum atomic E-state index is 11.8. The van der Waals surface area contributed by atoms with Crippen LogP contribution in [0.5, 0.6) is 0 Å². The lowest BCUT2D eigenvalue weighted by molar-refractivity contribution is -0.116. The quantitative estimate of drug-likeness (QED) is 0.524. The average molecular weight is 416 g/mol. The smallest absolute Gasteiger partial charge is 0.227 e. The highest BCUT2D eigenvalue weighted by atomic mass is 16.1. The molecule has 6 nitrogen and oxygen atoms in total. The molecule has 1 amide bonds. The number of anilines is 4. The summed E-state index contributed by atoms with van der Waals surface area (Å²) < 4.78 is 0. The van der Waals surface area contributed by atoms with Crippen LogP contribution in [0.1, 0.15) is 39.0 Å². The molecule has 1 fully saturated rings. The summed E-state index contributed by atoms with van der Waals surface area (Å²) in [7, 11) is 0. The second-order valence-electron chi connectivity index (χ2n) is 7.86. The van der Waals surface area contributed by atoms with E-state index in [1.807, 2.05) is 37.3 Å². The molecule has 31 heavy (non-hydrogen) atoms. The van der Waals surface area contributed by atoms with Crippen LogP contribution in [-0.4, -0.2) is 29.0 Å². The predicted molar refractivity (Wildman–Crippen MR) is 127 cm³/mol. The monoisotopic (exact) mass is 415 g/mol. The first-order valence-electron chi connectivity index (χ1n) is 11.1. The molecule has 1 aromatic heterocycles. The fourth-order valence-corrected chi connectivity index (χ4v) is 3.79. The van der Waals surface area contributed by atoms with Crippen LogP contribution in [0.15, 0.2) is 60.8 Å². The van der Waals surface area contributed by atoms with Crippen molar-refractivity contribution >= 4 is 28.9 Å². The third-order valence-electron chi connectivity index (χ3n) is 5.44. The first kappa shape index (κ1) is 20.8. The van der Waals surface area contributed by atoms with Crippen LogP contribution >= 0.6 is 0 Å². The summed E-state index contributed by atoms with van der Waals surface area (Å²) in [5.74, 6) is 0.596. The Morgan fingerprint density at radius 3 is 2.35 bits per heavy atom. The Bertz CT molecular complexity index is 995. The van der Waals surface area contributed by atoms with Crippen molar-refractivity contribution in [2.24, 2.45) is 0 Å². The predicted octanol–water partition coefficient (Wildman–Crippen LogP) is 5.62. The number of nitrogens with zero attached hydrogens (tertiary/aromatic N) is 3. The van der Waals surface area contributed by atoms with Gasteiger partial charge in [0.05, 0.1) is 5.69 Å². The summed E-state index contributed by atoms with van der Waals surface area (Å²) in [5, 5.41) is 6.20. The van der Waals surface area contributed by atoms with Gasteiger partial charge in [0.15, 0.2) is 0 Å². The van der Waals surface area contributed by atoms with Crippen LogP contribution in [0.3, 0.4) is 0 Å². The number of hydrogen-bond donors (Lipinski definition) is 2. The number of aromatic nitrogens is 2. The Balaban J connectivity index is 1.41. The highest BCUT2D eigenvalue weighted by molar-refractivity contribution is 5.90. The van der Waals surface area contributed by atoms with Crippen LogP contribution in [0.2, 0.25) is 0 Å². The molecule has 0 bridgehead atoms. The van der Waals surface area contributed by atoms with Crippen molar-refractivity contribution in [1.29, 1.82) is 0 Å². The fourth-order valence-electron chi connectivity index (χ4n) is 3.79.